The zero-order chi connectivity index (χ0) is 15.1. The Bertz CT molecular complexity index is 544. The van der Waals surface area contributed by atoms with Gasteiger partial charge in [-0.2, -0.15) is 0 Å². The molecule has 5 nitrogen and oxygen atoms in total. The first-order chi connectivity index (χ1) is 10.2. The first-order valence-corrected chi connectivity index (χ1v) is 7.18. The van der Waals surface area contributed by atoms with Crippen LogP contribution in [0, 0.1) is 17.8 Å². The van der Waals surface area contributed by atoms with Gasteiger partial charge in [0.15, 0.2) is 0 Å². The molecule has 0 bridgehead atoms. The van der Waals surface area contributed by atoms with Gasteiger partial charge in [0.2, 0.25) is 0 Å². The van der Waals surface area contributed by atoms with E-state index < -0.39 is 0 Å². The molecule has 1 amide bonds. The average Bonchev–Trinajstić information content (AvgIpc) is 3.33. The summed E-state index contributed by atoms with van der Waals surface area (Å²) in [6, 6.07) is 1.68. The number of aromatic nitrogens is 1. The van der Waals surface area contributed by atoms with E-state index in [9.17, 15) is 4.79 Å². The lowest BCUT2D eigenvalue weighted by atomic mass is 10.1. The first-order valence-electron chi connectivity index (χ1n) is 7.18. The fourth-order valence-corrected chi connectivity index (χ4v) is 1.87. The van der Waals surface area contributed by atoms with E-state index in [4.69, 9.17) is 10.5 Å². The minimum absolute atomic E-state index is 0.0752. The minimum Gasteiger partial charge on any atom is -0.379 e. The lowest BCUT2D eigenvalue weighted by molar-refractivity contribution is 0.0681. The van der Waals surface area contributed by atoms with E-state index in [1.807, 2.05) is 0 Å². The van der Waals surface area contributed by atoms with Crippen molar-refractivity contribution in [2.75, 3.05) is 33.4 Å². The highest BCUT2D eigenvalue weighted by molar-refractivity contribution is 5.96. The van der Waals surface area contributed by atoms with Crippen molar-refractivity contribution in [3.05, 3.63) is 29.6 Å². The summed E-state index contributed by atoms with van der Waals surface area (Å²) in [4.78, 5) is 18.1. The van der Waals surface area contributed by atoms with Gasteiger partial charge in [0.25, 0.3) is 5.91 Å². The number of rotatable bonds is 6. The summed E-state index contributed by atoms with van der Waals surface area (Å²) in [6.45, 7) is 2.20. The molecule has 1 aromatic rings. The van der Waals surface area contributed by atoms with E-state index in [0.29, 0.717) is 24.3 Å². The van der Waals surface area contributed by atoms with Crippen LogP contribution >= 0.6 is 0 Å². The Morgan fingerprint density at radius 2 is 2.38 bits per heavy atom. The van der Waals surface area contributed by atoms with Crippen molar-refractivity contribution < 1.29 is 9.53 Å². The van der Waals surface area contributed by atoms with Crippen molar-refractivity contribution in [3.8, 4) is 11.8 Å². The third-order valence-corrected chi connectivity index (χ3v) is 3.34. The van der Waals surface area contributed by atoms with Crippen molar-refractivity contribution in [1.29, 1.82) is 0 Å². The number of carbonyl (C=O) groups is 1. The number of amides is 1. The molecule has 1 aliphatic rings. The van der Waals surface area contributed by atoms with Crippen LogP contribution in [-0.4, -0.2) is 49.1 Å². The maximum absolute atomic E-state index is 12.4. The maximum Gasteiger partial charge on any atom is 0.255 e. The number of pyridine rings is 1. The summed E-state index contributed by atoms with van der Waals surface area (Å²) >= 11 is 0. The molecule has 0 spiro atoms. The number of nitrogens with zero attached hydrogens (tertiary/aromatic N) is 2. The van der Waals surface area contributed by atoms with Gasteiger partial charge in [0.05, 0.1) is 24.3 Å². The van der Waals surface area contributed by atoms with Crippen LogP contribution in [-0.2, 0) is 4.74 Å². The van der Waals surface area contributed by atoms with Crippen LogP contribution in [0.1, 0.15) is 28.8 Å². The molecule has 0 aliphatic heterocycles. The number of likely N-dealkylation sites (N-methyl/N-ethyl adjacent to an activating group) is 1. The molecule has 1 heterocycles. The first kappa shape index (κ1) is 15.5. The molecule has 0 aromatic carbocycles. The highest BCUT2D eigenvalue weighted by Crippen LogP contribution is 2.28. The molecule has 2 rings (SSSR count). The summed E-state index contributed by atoms with van der Waals surface area (Å²) in [6.07, 6.45) is 5.73. The Hall–Kier alpha value is -1.90. The Kier molecular flexibility index (Phi) is 5.73. The van der Waals surface area contributed by atoms with Crippen molar-refractivity contribution >= 4 is 5.91 Å². The molecule has 0 saturated heterocycles. The smallest absolute Gasteiger partial charge is 0.255 e. The molecule has 1 aliphatic carbocycles. The number of nitrogens with two attached hydrogens (primary N) is 1. The lowest BCUT2D eigenvalue weighted by Crippen LogP contribution is -2.31. The Morgan fingerprint density at radius 1 is 1.57 bits per heavy atom. The van der Waals surface area contributed by atoms with Crippen LogP contribution in [0.3, 0.4) is 0 Å². The third-order valence-electron chi connectivity index (χ3n) is 3.34. The van der Waals surface area contributed by atoms with Gasteiger partial charge in [-0.1, -0.05) is 11.8 Å². The van der Waals surface area contributed by atoms with Gasteiger partial charge in [-0.3, -0.25) is 9.78 Å². The summed E-state index contributed by atoms with van der Waals surface area (Å²) in [7, 11) is 1.77. The van der Waals surface area contributed by atoms with Crippen LogP contribution in [0.2, 0.25) is 0 Å². The summed E-state index contributed by atoms with van der Waals surface area (Å²) in [5.74, 6) is 6.30. The van der Waals surface area contributed by atoms with Gasteiger partial charge < -0.3 is 15.4 Å². The zero-order valence-corrected chi connectivity index (χ0v) is 12.3. The fraction of sp³-hybridized carbons (Fsp3) is 0.500. The Balaban J connectivity index is 1.91. The van der Waals surface area contributed by atoms with Gasteiger partial charge in [0.1, 0.15) is 0 Å². The molecule has 0 atom stereocenters. The summed E-state index contributed by atoms with van der Waals surface area (Å²) in [5, 5.41) is 0. The number of carbonyl (C=O) groups excluding carboxylic acids is 1. The number of hydrogen-bond donors (Lipinski definition) is 1. The fourth-order valence-electron chi connectivity index (χ4n) is 1.87. The summed E-state index contributed by atoms with van der Waals surface area (Å²) in [5.41, 5.74) is 6.53. The van der Waals surface area contributed by atoms with E-state index in [1.165, 1.54) is 12.8 Å². The molecule has 2 N–H and O–H groups in total. The monoisotopic (exact) mass is 287 g/mol. The SMILES string of the molecule is CN(CCOCC1CC1)C(=O)c1ccncc1C#CCN. The zero-order valence-electron chi connectivity index (χ0n) is 12.3. The predicted molar refractivity (Wildman–Crippen MR) is 80.7 cm³/mol. The minimum atomic E-state index is -0.0752. The molecular formula is C16H21N3O2. The molecule has 1 aromatic heterocycles. The Labute approximate surface area is 125 Å². The molecular weight excluding hydrogens is 266 g/mol. The second kappa shape index (κ2) is 7.77. The number of hydrogen-bond acceptors (Lipinski definition) is 4. The highest BCUT2D eigenvalue weighted by Gasteiger charge is 2.21. The van der Waals surface area contributed by atoms with Crippen molar-refractivity contribution in [1.82, 2.24) is 9.88 Å². The van der Waals surface area contributed by atoms with E-state index >= 15 is 0 Å². The summed E-state index contributed by atoms with van der Waals surface area (Å²) < 4.78 is 5.56. The average molecular weight is 287 g/mol. The normalized spacial score (nSPS) is 13.4. The molecule has 5 heteroatoms. The molecule has 0 radical (unpaired) electrons. The molecule has 0 unspecified atom stereocenters. The van der Waals surface area contributed by atoms with Crippen LogP contribution in [0.5, 0.6) is 0 Å². The van der Waals surface area contributed by atoms with Crippen LogP contribution < -0.4 is 5.73 Å². The predicted octanol–water partition coefficient (Wildman–Crippen LogP) is 0.890. The second-order valence-electron chi connectivity index (χ2n) is 5.17. The molecule has 1 fully saturated rings. The third kappa shape index (κ3) is 4.85. The van der Waals surface area contributed by atoms with Crippen LogP contribution in [0.15, 0.2) is 18.5 Å². The van der Waals surface area contributed by atoms with Crippen LogP contribution in [0.4, 0.5) is 0 Å². The number of ether oxygens (including phenoxy) is 1. The maximum atomic E-state index is 12.4. The molecule has 21 heavy (non-hydrogen) atoms. The standard InChI is InChI=1S/C16H21N3O2/c1-19(9-10-21-12-13-4-5-13)16(20)15-6-8-18-11-14(15)3-2-7-17/h6,8,11,13H,4-5,7,9-10,12,17H2,1H3. The van der Waals surface area contributed by atoms with E-state index in [1.54, 1.807) is 30.4 Å². The molecule has 112 valence electrons. The highest BCUT2D eigenvalue weighted by atomic mass is 16.5. The Morgan fingerprint density at radius 3 is 3.10 bits per heavy atom. The van der Waals surface area contributed by atoms with E-state index in [0.717, 1.165) is 12.5 Å². The lowest BCUT2D eigenvalue weighted by Gasteiger charge is -2.17. The second-order valence-corrected chi connectivity index (χ2v) is 5.17. The largest absolute Gasteiger partial charge is 0.379 e. The van der Waals surface area contributed by atoms with E-state index in [2.05, 4.69) is 16.8 Å². The quantitative estimate of drug-likeness (QED) is 0.623. The molecule has 1 saturated carbocycles. The van der Waals surface area contributed by atoms with Gasteiger partial charge in [0, 0.05) is 32.6 Å². The van der Waals surface area contributed by atoms with Crippen molar-refractivity contribution in [2.45, 2.75) is 12.8 Å². The van der Waals surface area contributed by atoms with Crippen molar-refractivity contribution in [2.24, 2.45) is 11.7 Å². The van der Waals surface area contributed by atoms with Gasteiger partial charge in [-0.05, 0) is 24.8 Å². The topological polar surface area (TPSA) is 68.5 Å². The van der Waals surface area contributed by atoms with Crippen LogP contribution in [0.25, 0.3) is 0 Å². The van der Waals surface area contributed by atoms with E-state index in [-0.39, 0.29) is 12.5 Å². The van der Waals surface area contributed by atoms with Gasteiger partial charge in [-0.25, -0.2) is 0 Å². The van der Waals surface area contributed by atoms with Gasteiger partial charge >= 0.3 is 0 Å². The van der Waals surface area contributed by atoms with Crippen molar-refractivity contribution in [3.63, 3.8) is 0 Å². The van der Waals surface area contributed by atoms with Gasteiger partial charge in [-0.15, -0.1) is 0 Å².